The Hall–Kier alpha value is -3.80. The minimum absolute atomic E-state index is 0.0779. The number of H-pyrrole nitrogens is 1. The molecular formula is C26H27N5O. The van der Waals surface area contributed by atoms with E-state index < -0.39 is 0 Å². The van der Waals surface area contributed by atoms with Crippen LogP contribution in [0.15, 0.2) is 60.7 Å². The van der Waals surface area contributed by atoms with Crippen molar-refractivity contribution in [2.45, 2.75) is 25.9 Å². The number of nitrogen functional groups attached to an aromatic ring is 1. The van der Waals surface area contributed by atoms with Gasteiger partial charge in [-0.2, -0.15) is 0 Å². The number of piperidine rings is 1. The van der Waals surface area contributed by atoms with Crippen molar-refractivity contribution in [2.75, 3.05) is 13.1 Å². The lowest BCUT2D eigenvalue weighted by Crippen LogP contribution is -2.40. The fourth-order valence-corrected chi connectivity index (χ4v) is 4.42. The first kappa shape index (κ1) is 20.1. The van der Waals surface area contributed by atoms with Crippen molar-refractivity contribution < 1.29 is 4.74 Å². The van der Waals surface area contributed by atoms with Crippen LogP contribution in [0.1, 0.15) is 25.3 Å². The Labute approximate surface area is 187 Å². The first-order chi connectivity index (χ1) is 15.5. The molecule has 1 fully saturated rings. The lowest BCUT2D eigenvalue weighted by molar-refractivity contribution is 0.130. The molecular weight excluding hydrogens is 398 g/mol. The Morgan fingerprint density at radius 2 is 1.72 bits per heavy atom. The summed E-state index contributed by atoms with van der Waals surface area (Å²) in [6.45, 7) is 3.60. The number of nitrogens with zero attached hydrogens (tertiary/aromatic N) is 1. The van der Waals surface area contributed by atoms with E-state index in [0.717, 1.165) is 70.2 Å². The van der Waals surface area contributed by atoms with E-state index in [1.165, 1.54) is 0 Å². The predicted molar refractivity (Wildman–Crippen MR) is 131 cm³/mol. The van der Waals surface area contributed by atoms with Crippen LogP contribution < -0.4 is 10.5 Å². The highest BCUT2D eigenvalue weighted by molar-refractivity contribution is 6.00. The number of hydrogen-bond donors (Lipinski definition) is 4. The maximum atomic E-state index is 7.78. The van der Waals surface area contributed by atoms with Gasteiger partial charge in [0.15, 0.2) is 0 Å². The number of nitrogens with two attached hydrogens (primary N) is 1. The molecule has 2 heterocycles. The zero-order chi connectivity index (χ0) is 22.2. The third kappa shape index (κ3) is 3.91. The molecule has 0 amide bonds. The zero-order valence-electron chi connectivity index (χ0n) is 18.1. The second-order valence-electron chi connectivity index (χ2n) is 8.51. The average molecular weight is 426 g/mol. The fraction of sp³-hybridized carbons (Fsp3) is 0.231. The van der Waals surface area contributed by atoms with Crippen LogP contribution in [0.25, 0.3) is 32.9 Å². The molecule has 32 heavy (non-hydrogen) atoms. The Kier molecular flexibility index (Phi) is 5.05. The molecule has 0 saturated carbocycles. The lowest BCUT2D eigenvalue weighted by Gasteiger charge is -2.32. The summed E-state index contributed by atoms with van der Waals surface area (Å²) in [7, 11) is 0. The van der Waals surface area contributed by atoms with Crippen molar-refractivity contribution >= 4 is 33.3 Å². The van der Waals surface area contributed by atoms with Gasteiger partial charge in [-0.15, -0.1) is 0 Å². The topological polar surface area (TPSA) is 102 Å². The Morgan fingerprint density at radius 3 is 2.47 bits per heavy atom. The quantitative estimate of drug-likeness (QED) is 0.270. The van der Waals surface area contributed by atoms with E-state index >= 15 is 0 Å². The van der Waals surface area contributed by atoms with Gasteiger partial charge >= 0.3 is 0 Å². The Morgan fingerprint density at radius 1 is 0.938 bits per heavy atom. The first-order valence-corrected chi connectivity index (χ1v) is 10.9. The van der Waals surface area contributed by atoms with Crippen LogP contribution in [0.4, 0.5) is 0 Å². The highest BCUT2D eigenvalue weighted by atomic mass is 16.5. The third-order valence-corrected chi connectivity index (χ3v) is 6.27. The zero-order valence-corrected chi connectivity index (χ0v) is 18.1. The number of nitrogens with one attached hydrogen (secondary N) is 3. The molecule has 0 aliphatic carbocycles. The summed E-state index contributed by atoms with van der Waals surface area (Å²) >= 11 is 0. The normalized spacial score (nSPS) is 14.7. The second kappa shape index (κ2) is 8.04. The number of aromatic amines is 1. The molecule has 6 heteroatoms. The van der Waals surface area contributed by atoms with E-state index in [4.69, 9.17) is 21.3 Å². The number of ether oxygens (including phenoxy) is 1. The molecule has 1 saturated heterocycles. The molecule has 5 rings (SSSR count). The number of benzene rings is 3. The smallest absolute Gasteiger partial charge is 0.122 e. The fourth-order valence-electron chi connectivity index (χ4n) is 4.42. The van der Waals surface area contributed by atoms with Gasteiger partial charge in [0, 0.05) is 48.1 Å². The van der Waals surface area contributed by atoms with Crippen LogP contribution in [0, 0.1) is 10.8 Å². The summed E-state index contributed by atoms with van der Waals surface area (Å²) in [5.41, 5.74) is 9.59. The molecule has 1 aromatic heterocycles. The molecule has 3 aromatic carbocycles. The van der Waals surface area contributed by atoms with Gasteiger partial charge in [0.25, 0.3) is 0 Å². The molecule has 5 N–H and O–H groups in total. The van der Waals surface area contributed by atoms with Crippen LogP contribution in [0.5, 0.6) is 5.75 Å². The van der Waals surface area contributed by atoms with Gasteiger partial charge < -0.3 is 20.4 Å². The third-order valence-electron chi connectivity index (χ3n) is 6.27. The van der Waals surface area contributed by atoms with E-state index in [-0.39, 0.29) is 11.9 Å². The van der Waals surface area contributed by atoms with E-state index in [0.29, 0.717) is 5.84 Å². The molecule has 1 aliphatic rings. The van der Waals surface area contributed by atoms with Crippen molar-refractivity contribution in [3.8, 4) is 17.0 Å². The summed E-state index contributed by atoms with van der Waals surface area (Å²) < 4.78 is 6.26. The summed E-state index contributed by atoms with van der Waals surface area (Å²) in [6.07, 6.45) is 2.07. The van der Waals surface area contributed by atoms with Crippen molar-refractivity contribution in [1.82, 2.24) is 9.88 Å². The van der Waals surface area contributed by atoms with Crippen LogP contribution in [0.3, 0.4) is 0 Å². The number of aromatic nitrogens is 1. The van der Waals surface area contributed by atoms with Crippen LogP contribution in [0.2, 0.25) is 0 Å². The molecule has 162 valence electrons. The maximum absolute atomic E-state index is 7.78. The average Bonchev–Trinajstić information content (AvgIpc) is 3.22. The second-order valence-corrected chi connectivity index (χ2v) is 8.51. The first-order valence-electron chi connectivity index (χ1n) is 10.9. The highest BCUT2D eigenvalue weighted by Crippen LogP contribution is 2.30. The van der Waals surface area contributed by atoms with Crippen LogP contribution in [-0.2, 0) is 0 Å². The van der Waals surface area contributed by atoms with Crippen LogP contribution >= 0.6 is 0 Å². The standard InChI is InChI=1S/C26H27N5O/c1-16(27)31-10-8-22(9-11-31)32-23-6-7-24-21(14-23)15-25(30-24)18-4-2-17-3-5-19(26(28)29)13-20(17)12-18/h2-7,12-15,22,27,30H,8-11H2,1H3,(H3,28,29). The summed E-state index contributed by atoms with van der Waals surface area (Å²) in [4.78, 5) is 5.61. The van der Waals surface area contributed by atoms with Gasteiger partial charge in [0.05, 0.1) is 5.84 Å². The van der Waals surface area contributed by atoms with Crippen molar-refractivity contribution in [1.29, 1.82) is 10.8 Å². The van der Waals surface area contributed by atoms with Gasteiger partial charge in [-0.3, -0.25) is 10.8 Å². The van der Waals surface area contributed by atoms with Crippen molar-refractivity contribution in [3.63, 3.8) is 0 Å². The number of fused-ring (bicyclic) bond motifs is 2. The number of hydrogen-bond acceptors (Lipinski definition) is 3. The SMILES string of the molecule is CC(=N)N1CCC(Oc2ccc3[nH]c(-c4ccc5ccc(C(=N)N)cc5c4)cc3c2)CC1. The van der Waals surface area contributed by atoms with Crippen LogP contribution in [-0.4, -0.2) is 40.7 Å². The van der Waals surface area contributed by atoms with Gasteiger partial charge in [-0.05, 0) is 59.7 Å². The summed E-state index contributed by atoms with van der Waals surface area (Å²) in [6, 6.07) is 20.5. The molecule has 6 nitrogen and oxygen atoms in total. The molecule has 0 radical (unpaired) electrons. The van der Waals surface area contributed by atoms with E-state index in [1.807, 2.05) is 31.2 Å². The van der Waals surface area contributed by atoms with E-state index in [2.05, 4.69) is 46.3 Å². The largest absolute Gasteiger partial charge is 0.490 e. The Bertz CT molecular complexity index is 1330. The van der Waals surface area contributed by atoms with Gasteiger partial charge in [0.1, 0.15) is 17.7 Å². The van der Waals surface area contributed by atoms with E-state index in [1.54, 1.807) is 0 Å². The minimum atomic E-state index is 0.0779. The van der Waals surface area contributed by atoms with Crippen molar-refractivity contribution in [2.24, 2.45) is 5.73 Å². The molecule has 0 spiro atoms. The minimum Gasteiger partial charge on any atom is -0.490 e. The maximum Gasteiger partial charge on any atom is 0.122 e. The molecule has 1 aliphatic heterocycles. The van der Waals surface area contributed by atoms with E-state index in [9.17, 15) is 0 Å². The molecule has 0 atom stereocenters. The molecule has 0 bridgehead atoms. The summed E-state index contributed by atoms with van der Waals surface area (Å²) in [5.74, 6) is 1.60. The summed E-state index contributed by atoms with van der Waals surface area (Å²) in [5, 5.41) is 18.8. The van der Waals surface area contributed by atoms with Crippen molar-refractivity contribution in [3.05, 3.63) is 66.2 Å². The van der Waals surface area contributed by atoms with Gasteiger partial charge in [0.2, 0.25) is 0 Å². The molecule has 4 aromatic rings. The monoisotopic (exact) mass is 425 g/mol. The van der Waals surface area contributed by atoms with Gasteiger partial charge in [-0.25, -0.2) is 0 Å². The molecule has 0 unspecified atom stereocenters. The lowest BCUT2D eigenvalue weighted by atomic mass is 10.0. The number of rotatable bonds is 4. The highest BCUT2D eigenvalue weighted by Gasteiger charge is 2.21. The predicted octanol–water partition coefficient (Wildman–Crippen LogP) is 5.11. The number of likely N-dealkylation sites (tertiary alicyclic amines) is 1. The Balaban J connectivity index is 1.38. The number of amidine groups is 2. The van der Waals surface area contributed by atoms with Gasteiger partial charge in [-0.1, -0.05) is 24.3 Å².